The molecule has 0 fully saturated rings. The van der Waals surface area contributed by atoms with Crippen molar-refractivity contribution in [3.8, 4) is 5.69 Å². The van der Waals surface area contributed by atoms with Crippen LogP contribution in [-0.2, 0) is 0 Å². The molecule has 114 valence electrons. The predicted octanol–water partition coefficient (Wildman–Crippen LogP) is 3.80. The summed E-state index contributed by atoms with van der Waals surface area (Å²) < 4.78 is 26.4. The second-order valence-corrected chi connectivity index (χ2v) is 5.15. The van der Waals surface area contributed by atoms with E-state index in [9.17, 15) is 8.78 Å². The van der Waals surface area contributed by atoms with Crippen molar-refractivity contribution in [2.24, 2.45) is 0 Å². The number of alkyl halides is 2. The summed E-state index contributed by atoms with van der Waals surface area (Å²) in [6, 6.07) is 7.06. The first kappa shape index (κ1) is 14.9. The van der Waals surface area contributed by atoms with Gasteiger partial charge in [-0.15, -0.1) is 0 Å². The lowest BCUT2D eigenvalue weighted by Gasteiger charge is -2.07. The number of hydrogen-bond acceptors (Lipinski definition) is 4. The van der Waals surface area contributed by atoms with Crippen LogP contribution >= 0.6 is 23.2 Å². The third-order valence-corrected chi connectivity index (χ3v) is 3.28. The maximum atomic E-state index is 12.4. The average Bonchev–Trinajstić information content (AvgIpc) is 2.88. The zero-order valence-electron chi connectivity index (χ0n) is 11.0. The first-order valence-electron chi connectivity index (χ1n) is 6.23. The maximum Gasteiger partial charge on any atom is 0.255 e. The molecule has 0 amide bonds. The van der Waals surface area contributed by atoms with E-state index in [2.05, 4.69) is 20.3 Å². The van der Waals surface area contributed by atoms with Gasteiger partial charge in [-0.3, -0.25) is 4.57 Å². The van der Waals surface area contributed by atoms with E-state index in [1.54, 1.807) is 22.8 Å². The van der Waals surface area contributed by atoms with Gasteiger partial charge in [0.25, 0.3) is 6.43 Å². The molecule has 1 N–H and O–H groups in total. The smallest absolute Gasteiger partial charge is 0.255 e. The van der Waals surface area contributed by atoms with Crippen molar-refractivity contribution < 1.29 is 8.78 Å². The Kier molecular flexibility index (Phi) is 4.08. The van der Waals surface area contributed by atoms with Gasteiger partial charge in [-0.1, -0.05) is 17.7 Å². The second-order valence-electron chi connectivity index (χ2n) is 4.38. The van der Waals surface area contributed by atoms with Gasteiger partial charge in [0, 0.05) is 5.02 Å². The van der Waals surface area contributed by atoms with E-state index in [4.69, 9.17) is 23.2 Å². The Morgan fingerprint density at radius 3 is 2.77 bits per heavy atom. The van der Waals surface area contributed by atoms with Gasteiger partial charge in [0.05, 0.1) is 12.2 Å². The largest absolute Gasteiger partial charge is 0.362 e. The standard InChI is InChI=1S/C13H9Cl2F2N5/c14-7-2-1-3-8(4-7)22-6-19-10-11(18-5-9(16)17)20-13(15)21-12(10)22/h1-4,6,9H,5H2,(H,18,20,21). The highest BCUT2D eigenvalue weighted by molar-refractivity contribution is 6.30. The molecule has 9 heteroatoms. The van der Waals surface area contributed by atoms with Crippen molar-refractivity contribution in [1.29, 1.82) is 0 Å². The van der Waals surface area contributed by atoms with Gasteiger partial charge in [-0.05, 0) is 29.8 Å². The molecule has 0 bridgehead atoms. The number of nitrogens with one attached hydrogen (secondary N) is 1. The van der Waals surface area contributed by atoms with Crippen molar-refractivity contribution in [2.45, 2.75) is 6.43 Å². The molecule has 22 heavy (non-hydrogen) atoms. The quantitative estimate of drug-likeness (QED) is 0.732. The van der Waals surface area contributed by atoms with Crippen LogP contribution in [0, 0.1) is 0 Å². The lowest BCUT2D eigenvalue weighted by Crippen LogP contribution is -2.12. The summed E-state index contributed by atoms with van der Waals surface area (Å²) in [7, 11) is 0. The molecular weight excluding hydrogens is 335 g/mol. The molecule has 0 atom stereocenters. The molecule has 0 saturated carbocycles. The first-order chi connectivity index (χ1) is 10.5. The van der Waals surface area contributed by atoms with Crippen molar-refractivity contribution in [2.75, 3.05) is 11.9 Å². The van der Waals surface area contributed by atoms with Crippen molar-refractivity contribution in [1.82, 2.24) is 19.5 Å². The van der Waals surface area contributed by atoms with Crippen LogP contribution in [0.4, 0.5) is 14.6 Å². The van der Waals surface area contributed by atoms with E-state index >= 15 is 0 Å². The number of halogens is 4. The lowest BCUT2D eigenvalue weighted by atomic mass is 10.3. The Labute approximate surface area is 133 Å². The predicted molar refractivity (Wildman–Crippen MR) is 81.2 cm³/mol. The van der Waals surface area contributed by atoms with Crippen LogP contribution in [0.1, 0.15) is 0 Å². The highest BCUT2D eigenvalue weighted by Crippen LogP contribution is 2.24. The van der Waals surface area contributed by atoms with Gasteiger partial charge < -0.3 is 5.32 Å². The third-order valence-electron chi connectivity index (χ3n) is 2.88. The van der Waals surface area contributed by atoms with Gasteiger partial charge >= 0.3 is 0 Å². The maximum absolute atomic E-state index is 12.4. The van der Waals surface area contributed by atoms with E-state index in [1.807, 2.05) is 6.07 Å². The van der Waals surface area contributed by atoms with Crippen molar-refractivity contribution in [3.63, 3.8) is 0 Å². The number of imidazole rings is 1. The van der Waals surface area contributed by atoms with Crippen LogP contribution in [0.25, 0.3) is 16.9 Å². The number of fused-ring (bicyclic) bond motifs is 1. The number of benzene rings is 1. The molecule has 0 radical (unpaired) electrons. The van der Waals surface area contributed by atoms with Crippen LogP contribution in [0.2, 0.25) is 10.3 Å². The number of aromatic nitrogens is 4. The summed E-state index contributed by atoms with van der Waals surface area (Å²) >= 11 is 11.8. The van der Waals surface area contributed by atoms with Crippen LogP contribution in [0.15, 0.2) is 30.6 Å². The summed E-state index contributed by atoms with van der Waals surface area (Å²) in [6.45, 7) is -0.549. The first-order valence-corrected chi connectivity index (χ1v) is 6.99. The lowest BCUT2D eigenvalue weighted by molar-refractivity contribution is 0.163. The molecule has 3 aromatic rings. The molecule has 0 aliphatic heterocycles. The topological polar surface area (TPSA) is 55.6 Å². The van der Waals surface area contributed by atoms with E-state index in [0.29, 0.717) is 16.2 Å². The van der Waals surface area contributed by atoms with Crippen LogP contribution in [0.3, 0.4) is 0 Å². The Morgan fingerprint density at radius 2 is 2.05 bits per heavy atom. The summed E-state index contributed by atoms with van der Waals surface area (Å²) in [5, 5.41) is 3.01. The minimum atomic E-state index is -2.51. The van der Waals surface area contributed by atoms with Gasteiger partial charge in [0.2, 0.25) is 5.28 Å². The fraction of sp³-hybridized carbons (Fsp3) is 0.154. The Balaban J connectivity index is 2.11. The van der Waals surface area contributed by atoms with E-state index < -0.39 is 13.0 Å². The average molecular weight is 344 g/mol. The van der Waals surface area contributed by atoms with E-state index in [-0.39, 0.29) is 11.1 Å². The number of rotatable bonds is 4. The minimum absolute atomic E-state index is 0.0620. The number of anilines is 1. The molecular formula is C13H9Cl2F2N5. The minimum Gasteiger partial charge on any atom is -0.362 e. The van der Waals surface area contributed by atoms with Gasteiger partial charge in [-0.2, -0.15) is 9.97 Å². The molecule has 0 aliphatic rings. The molecule has 2 heterocycles. The summed E-state index contributed by atoms with van der Waals surface area (Å²) in [5.41, 5.74) is 1.48. The van der Waals surface area contributed by atoms with Gasteiger partial charge in [0.15, 0.2) is 17.0 Å². The molecule has 3 rings (SSSR count). The second kappa shape index (κ2) is 6.02. The van der Waals surface area contributed by atoms with Gasteiger partial charge in [0.1, 0.15) is 6.33 Å². The molecule has 0 saturated heterocycles. The normalized spacial score (nSPS) is 11.3. The molecule has 0 aliphatic carbocycles. The third kappa shape index (κ3) is 2.95. The van der Waals surface area contributed by atoms with Crippen LogP contribution in [-0.4, -0.2) is 32.5 Å². The molecule has 1 aromatic carbocycles. The highest BCUT2D eigenvalue weighted by atomic mass is 35.5. The summed E-state index contributed by atoms with van der Waals surface area (Å²) in [4.78, 5) is 12.2. The van der Waals surface area contributed by atoms with Crippen LogP contribution in [0.5, 0.6) is 0 Å². The van der Waals surface area contributed by atoms with E-state index in [1.165, 1.54) is 6.33 Å². The zero-order chi connectivity index (χ0) is 15.7. The van der Waals surface area contributed by atoms with Crippen molar-refractivity contribution in [3.05, 3.63) is 40.9 Å². The Bertz CT molecular complexity index is 821. The Morgan fingerprint density at radius 1 is 1.23 bits per heavy atom. The van der Waals surface area contributed by atoms with Crippen LogP contribution < -0.4 is 5.32 Å². The van der Waals surface area contributed by atoms with Gasteiger partial charge in [-0.25, -0.2) is 13.8 Å². The fourth-order valence-corrected chi connectivity index (χ4v) is 2.33. The monoisotopic (exact) mass is 343 g/mol. The van der Waals surface area contributed by atoms with Crippen molar-refractivity contribution >= 4 is 40.2 Å². The molecule has 0 spiro atoms. The highest BCUT2D eigenvalue weighted by Gasteiger charge is 2.14. The number of hydrogen-bond donors (Lipinski definition) is 1. The zero-order valence-corrected chi connectivity index (χ0v) is 12.5. The summed E-state index contributed by atoms with van der Waals surface area (Å²) in [6.07, 6.45) is -1.01. The SMILES string of the molecule is FC(F)CNc1nc(Cl)nc2c1ncn2-c1cccc(Cl)c1. The fourth-order valence-electron chi connectivity index (χ4n) is 1.99. The summed E-state index contributed by atoms with van der Waals surface area (Å²) in [5.74, 6) is 0.163. The Hall–Kier alpha value is -1.99. The van der Waals surface area contributed by atoms with E-state index in [0.717, 1.165) is 5.69 Å². The number of nitrogens with zero attached hydrogens (tertiary/aromatic N) is 4. The molecule has 2 aromatic heterocycles. The molecule has 5 nitrogen and oxygen atoms in total. The molecule has 0 unspecified atom stereocenters.